The van der Waals surface area contributed by atoms with E-state index >= 15 is 0 Å². The van der Waals surface area contributed by atoms with E-state index in [1.807, 2.05) is 0 Å². The molecule has 0 saturated heterocycles. The van der Waals surface area contributed by atoms with Gasteiger partial charge in [0.15, 0.2) is 0 Å². The van der Waals surface area contributed by atoms with E-state index in [9.17, 15) is 19.5 Å². The highest BCUT2D eigenvalue weighted by molar-refractivity contribution is 7.17. The normalized spacial score (nSPS) is 14.1. The second-order valence-corrected chi connectivity index (χ2v) is 6.34. The molecule has 1 aromatic rings. The highest BCUT2D eigenvalue weighted by Gasteiger charge is 2.27. The van der Waals surface area contributed by atoms with E-state index < -0.39 is 17.8 Å². The highest BCUT2D eigenvalue weighted by atomic mass is 32.1. The van der Waals surface area contributed by atoms with Crippen molar-refractivity contribution in [1.29, 1.82) is 0 Å². The Hall–Kier alpha value is -2.15. The predicted octanol–water partition coefficient (Wildman–Crippen LogP) is 1.44. The third kappa shape index (κ3) is 3.98. The summed E-state index contributed by atoms with van der Waals surface area (Å²) in [6.45, 7) is 3.35. The molecule has 0 spiro atoms. The Kier molecular flexibility index (Phi) is 5.54. The molecular formula is C16H18NO5S-. The number of aliphatic carboxylic acids is 1. The molecule has 0 aliphatic heterocycles. The first-order chi connectivity index (χ1) is 10.9. The van der Waals surface area contributed by atoms with Crippen molar-refractivity contribution in [2.45, 2.75) is 39.5 Å². The average molecular weight is 336 g/mol. The molecule has 124 valence electrons. The van der Waals surface area contributed by atoms with E-state index in [0.29, 0.717) is 10.6 Å². The van der Waals surface area contributed by atoms with Crippen LogP contribution in [0, 0.1) is 0 Å². The Morgan fingerprint density at radius 3 is 2.65 bits per heavy atom. The van der Waals surface area contributed by atoms with Crippen LogP contribution in [0.15, 0.2) is 11.6 Å². The van der Waals surface area contributed by atoms with Crippen LogP contribution in [-0.4, -0.2) is 24.5 Å². The quantitative estimate of drug-likeness (QED) is 0.648. The molecule has 1 amide bonds. The average Bonchev–Trinajstić information content (AvgIpc) is 2.84. The topological polar surface area (TPSA) is 95.5 Å². The number of carbonyl (C=O) groups is 3. The lowest BCUT2D eigenvalue weighted by atomic mass is 9.95. The van der Waals surface area contributed by atoms with Crippen LogP contribution in [0.1, 0.15) is 47.5 Å². The van der Waals surface area contributed by atoms with Crippen molar-refractivity contribution in [3.63, 3.8) is 0 Å². The van der Waals surface area contributed by atoms with Gasteiger partial charge in [-0.05, 0) is 51.2 Å². The number of nitrogens with one attached hydrogen (secondary N) is 1. The third-order valence-electron chi connectivity index (χ3n) is 3.57. The minimum absolute atomic E-state index is 0.00572. The van der Waals surface area contributed by atoms with Gasteiger partial charge in [0.1, 0.15) is 5.00 Å². The molecule has 1 aliphatic rings. The standard InChI is InChI=1S/C16H19NO5S/c1-3-22-16(21)13-10-6-4-5-7-11(10)23-15(13)17-14(20)9(2)8-12(18)19/h8H,3-7H2,1-2H3,(H,17,20)(H,18,19)/p-1/b9-8+. The molecule has 2 rings (SSSR count). The molecule has 1 heterocycles. The van der Waals surface area contributed by atoms with Crippen LogP contribution in [0.25, 0.3) is 0 Å². The fourth-order valence-electron chi connectivity index (χ4n) is 2.52. The lowest BCUT2D eigenvalue weighted by Gasteiger charge is -2.12. The van der Waals surface area contributed by atoms with Crippen LogP contribution in [0.4, 0.5) is 5.00 Å². The number of aryl methyl sites for hydroxylation is 1. The van der Waals surface area contributed by atoms with Crippen LogP contribution < -0.4 is 10.4 Å². The van der Waals surface area contributed by atoms with Gasteiger partial charge in [0, 0.05) is 10.5 Å². The molecule has 1 aromatic heterocycles. The Bertz CT molecular complexity index is 674. The summed E-state index contributed by atoms with van der Waals surface area (Å²) in [4.78, 5) is 35.9. The summed E-state index contributed by atoms with van der Waals surface area (Å²) >= 11 is 1.36. The molecule has 0 unspecified atom stereocenters. The van der Waals surface area contributed by atoms with Gasteiger partial charge in [-0.3, -0.25) is 4.79 Å². The number of fused-ring (bicyclic) bond motifs is 1. The number of anilines is 1. The number of esters is 1. The van der Waals surface area contributed by atoms with Crippen LogP contribution in [-0.2, 0) is 27.2 Å². The van der Waals surface area contributed by atoms with Gasteiger partial charge in [0.25, 0.3) is 5.91 Å². The minimum atomic E-state index is -1.44. The largest absolute Gasteiger partial charge is 0.545 e. The van der Waals surface area contributed by atoms with Gasteiger partial charge < -0.3 is 20.0 Å². The first-order valence-corrected chi connectivity index (χ1v) is 8.28. The maximum absolute atomic E-state index is 12.2. The number of thiophene rings is 1. The number of ether oxygens (including phenoxy) is 1. The molecule has 6 nitrogen and oxygen atoms in total. The number of amides is 1. The van der Waals surface area contributed by atoms with Gasteiger partial charge >= 0.3 is 5.97 Å². The van der Waals surface area contributed by atoms with Crippen molar-refractivity contribution >= 4 is 34.2 Å². The van der Waals surface area contributed by atoms with E-state index in [1.165, 1.54) is 18.3 Å². The van der Waals surface area contributed by atoms with Crippen LogP contribution in [0.2, 0.25) is 0 Å². The zero-order chi connectivity index (χ0) is 17.0. The molecule has 0 fully saturated rings. The number of hydrogen-bond acceptors (Lipinski definition) is 6. The van der Waals surface area contributed by atoms with E-state index in [-0.39, 0.29) is 12.2 Å². The van der Waals surface area contributed by atoms with Crippen molar-refractivity contribution in [2.75, 3.05) is 11.9 Å². The zero-order valence-electron chi connectivity index (χ0n) is 13.1. The fraction of sp³-hybridized carbons (Fsp3) is 0.438. The van der Waals surface area contributed by atoms with Crippen molar-refractivity contribution < 1.29 is 24.2 Å². The molecule has 1 aliphatic carbocycles. The molecule has 0 bridgehead atoms. The Morgan fingerprint density at radius 1 is 1.30 bits per heavy atom. The number of rotatable bonds is 5. The van der Waals surface area contributed by atoms with E-state index in [0.717, 1.165) is 42.2 Å². The van der Waals surface area contributed by atoms with E-state index in [4.69, 9.17) is 4.74 Å². The Morgan fingerprint density at radius 2 is 2.00 bits per heavy atom. The van der Waals surface area contributed by atoms with Gasteiger partial charge in [-0.1, -0.05) is 0 Å². The Labute approximate surface area is 138 Å². The van der Waals surface area contributed by atoms with Gasteiger partial charge in [-0.2, -0.15) is 0 Å². The molecule has 0 atom stereocenters. The first-order valence-electron chi connectivity index (χ1n) is 7.46. The number of hydrogen-bond donors (Lipinski definition) is 1. The van der Waals surface area contributed by atoms with Crippen LogP contribution >= 0.6 is 11.3 Å². The predicted molar refractivity (Wildman–Crippen MR) is 84.3 cm³/mol. The molecule has 23 heavy (non-hydrogen) atoms. The van der Waals surface area contributed by atoms with Crippen molar-refractivity contribution in [1.82, 2.24) is 0 Å². The lowest BCUT2D eigenvalue weighted by Crippen LogP contribution is -2.22. The number of carbonyl (C=O) groups excluding carboxylic acids is 3. The van der Waals surface area contributed by atoms with Crippen LogP contribution in [0.3, 0.4) is 0 Å². The maximum atomic E-state index is 12.2. The van der Waals surface area contributed by atoms with Gasteiger partial charge in [-0.25, -0.2) is 4.79 Å². The minimum Gasteiger partial charge on any atom is -0.545 e. The van der Waals surface area contributed by atoms with Crippen molar-refractivity contribution in [3.8, 4) is 0 Å². The first kappa shape index (κ1) is 17.2. The molecule has 0 aromatic carbocycles. The van der Waals surface area contributed by atoms with Crippen LogP contribution in [0.5, 0.6) is 0 Å². The Balaban J connectivity index is 2.34. The summed E-state index contributed by atoms with van der Waals surface area (Å²) < 4.78 is 5.10. The summed E-state index contributed by atoms with van der Waals surface area (Å²) in [6.07, 6.45) is 4.42. The summed E-state index contributed by atoms with van der Waals surface area (Å²) in [5.41, 5.74) is 1.35. The summed E-state index contributed by atoms with van der Waals surface area (Å²) in [7, 11) is 0. The summed E-state index contributed by atoms with van der Waals surface area (Å²) in [5, 5.41) is 13.6. The summed E-state index contributed by atoms with van der Waals surface area (Å²) in [6, 6.07) is 0. The van der Waals surface area contributed by atoms with Crippen molar-refractivity contribution in [3.05, 3.63) is 27.7 Å². The van der Waals surface area contributed by atoms with E-state index in [1.54, 1.807) is 6.92 Å². The SMILES string of the molecule is CCOC(=O)c1c(NC(=O)/C(C)=C/C(=O)[O-])sc2c1CCCC2. The third-order valence-corrected chi connectivity index (χ3v) is 4.78. The monoisotopic (exact) mass is 336 g/mol. The molecular weight excluding hydrogens is 318 g/mol. The maximum Gasteiger partial charge on any atom is 0.341 e. The molecule has 1 N–H and O–H groups in total. The van der Waals surface area contributed by atoms with Gasteiger partial charge in [-0.15, -0.1) is 11.3 Å². The molecule has 0 saturated carbocycles. The zero-order valence-corrected chi connectivity index (χ0v) is 13.9. The fourth-order valence-corrected chi connectivity index (χ4v) is 3.79. The second kappa shape index (κ2) is 7.41. The molecule has 7 heteroatoms. The van der Waals surface area contributed by atoms with Gasteiger partial charge in [0.05, 0.1) is 18.1 Å². The van der Waals surface area contributed by atoms with Gasteiger partial charge in [0.2, 0.25) is 0 Å². The second-order valence-electron chi connectivity index (χ2n) is 5.24. The smallest absolute Gasteiger partial charge is 0.341 e. The number of carboxylic acids is 1. The highest BCUT2D eigenvalue weighted by Crippen LogP contribution is 2.38. The van der Waals surface area contributed by atoms with E-state index in [2.05, 4.69) is 5.32 Å². The lowest BCUT2D eigenvalue weighted by molar-refractivity contribution is -0.297. The molecule has 0 radical (unpaired) electrons. The van der Waals surface area contributed by atoms with Crippen molar-refractivity contribution in [2.24, 2.45) is 0 Å². The summed E-state index contributed by atoms with van der Waals surface area (Å²) in [5.74, 6) is -2.46. The number of carboxylic acid groups (broad SMARTS) is 1.